The van der Waals surface area contributed by atoms with E-state index < -0.39 is 0 Å². The van der Waals surface area contributed by atoms with Gasteiger partial charge in [0.2, 0.25) is 0 Å². The summed E-state index contributed by atoms with van der Waals surface area (Å²) in [6.45, 7) is 3.60. The van der Waals surface area contributed by atoms with Gasteiger partial charge in [-0.1, -0.05) is 36.8 Å². The second kappa shape index (κ2) is 6.92. The molecule has 0 radical (unpaired) electrons. The predicted octanol–water partition coefficient (Wildman–Crippen LogP) is 2.54. The molecule has 0 saturated carbocycles. The van der Waals surface area contributed by atoms with Gasteiger partial charge in [0.05, 0.1) is 17.9 Å². The normalized spacial score (nSPS) is 26.1. The van der Waals surface area contributed by atoms with Crippen LogP contribution in [-0.2, 0) is 0 Å². The molecule has 1 amide bonds. The van der Waals surface area contributed by atoms with E-state index in [-0.39, 0.29) is 11.9 Å². The molecule has 25 heavy (non-hydrogen) atoms. The maximum atomic E-state index is 13.2. The maximum Gasteiger partial charge on any atom is 0.274 e. The van der Waals surface area contributed by atoms with Crippen molar-refractivity contribution in [2.45, 2.75) is 44.2 Å². The van der Waals surface area contributed by atoms with Crippen LogP contribution in [0.25, 0.3) is 0 Å². The number of aryl methyl sites for hydroxylation is 1. The van der Waals surface area contributed by atoms with Crippen LogP contribution in [0.15, 0.2) is 42.7 Å². The molecule has 3 heterocycles. The fourth-order valence-corrected chi connectivity index (χ4v) is 4.21. The molecule has 2 aromatic rings. The fourth-order valence-electron chi connectivity index (χ4n) is 4.21. The van der Waals surface area contributed by atoms with E-state index in [9.17, 15) is 4.79 Å². The zero-order valence-electron chi connectivity index (χ0n) is 14.6. The Morgan fingerprint density at radius 3 is 2.76 bits per heavy atom. The number of aromatic nitrogens is 2. The molecule has 0 unspecified atom stereocenters. The largest absolute Gasteiger partial charge is 0.332 e. The number of hydrogen-bond acceptors (Lipinski definition) is 4. The lowest BCUT2D eigenvalue weighted by Gasteiger charge is -2.34. The first kappa shape index (κ1) is 16.2. The minimum absolute atomic E-state index is 0.00836. The van der Waals surface area contributed by atoms with Crippen LogP contribution in [0.4, 0.5) is 0 Å². The second-order valence-electron chi connectivity index (χ2n) is 7.06. The Labute approximate surface area is 148 Å². The Hall–Kier alpha value is -2.27. The number of hydrogen-bond donors (Lipinski definition) is 1. The minimum atomic E-state index is 0.00836. The van der Waals surface area contributed by atoms with Crippen molar-refractivity contribution < 1.29 is 4.79 Å². The Morgan fingerprint density at radius 1 is 1.16 bits per heavy atom. The van der Waals surface area contributed by atoms with Crippen molar-refractivity contribution in [2.75, 3.05) is 13.1 Å². The van der Waals surface area contributed by atoms with Gasteiger partial charge in [-0.3, -0.25) is 9.78 Å². The summed E-state index contributed by atoms with van der Waals surface area (Å²) in [7, 11) is 0. The summed E-state index contributed by atoms with van der Waals surface area (Å²) in [5, 5.41) is 3.66. The van der Waals surface area contributed by atoms with Gasteiger partial charge in [0.25, 0.3) is 5.91 Å². The van der Waals surface area contributed by atoms with Gasteiger partial charge in [-0.25, -0.2) is 4.98 Å². The third-order valence-electron chi connectivity index (χ3n) is 5.44. The highest BCUT2D eigenvalue weighted by Gasteiger charge is 2.43. The molecule has 2 aliphatic rings. The van der Waals surface area contributed by atoms with Gasteiger partial charge in [0.15, 0.2) is 0 Å². The van der Waals surface area contributed by atoms with Gasteiger partial charge in [0, 0.05) is 31.2 Å². The number of likely N-dealkylation sites (tertiary alicyclic amines) is 1. The smallest absolute Gasteiger partial charge is 0.274 e. The first-order valence-electron chi connectivity index (χ1n) is 9.12. The average molecular weight is 336 g/mol. The SMILES string of the molecule is Cc1cnc(C(=O)N2CCCC[C@@H]3NC[C@@H](c4ccccc4)[C@@H]32)cn1. The number of benzene rings is 1. The Balaban J connectivity index is 1.67. The quantitative estimate of drug-likeness (QED) is 0.916. The summed E-state index contributed by atoms with van der Waals surface area (Å²) in [5.74, 6) is 0.334. The van der Waals surface area contributed by atoms with Crippen molar-refractivity contribution in [1.29, 1.82) is 0 Å². The highest BCUT2D eigenvalue weighted by Crippen LogP contribution is 2.35. The lowest BCUT2D eigenvalue weighted by molar-refractivity contribution is 0.0657. The van der Waals surface area contributed by atoms with Gasteiger partial charge in [-0.15, -0.1) is 0 Å². The van der Waals surface area contributed by atoms with E-state index in [2.05, 4.69) is 44.5 Å². The molecule has 2 fully saturated rings. The van der Waals surface area contributed by atoms with E-state index in [1.54, 1.807) is 12.4 Å². The standard InChI is InChI=1S/C20H24N4O/c1-14-11-22-18(13-21-14)20(25)24-10-6-5-9-17-19(24)16(12-23-17)15-7-3-2-4-8-15/h2-4,7-8,11,13,16-17,19,23H,5-6,9-10,12H2,1H3/t16-,17-,19-/m0/s1. The number of nitrogens with zero attached hydrogens (tertiary/aromatic N) is 3. The minimum Gasteiger partial charge on any atom is -0.332 e. The number of nitrogens with one attached hydrogen (secondary N) is 1. The van der Waals surface area contributed by atoms with Gasteiger partial charge < -0.3 is 10.2 Å². The maximum absolute atomic E-state index is 13.2. The zero-order valence-corrected chi connectivity index (χ0v) is 14.6. The molecule has 3 atom stereocenters. The summed E-state index contributed by atoms with van der Waals surface area (Å²) in [6, 6.07) is 11.1. The van der Waals surface area contributed by atoms with Crippen molar-refractivity contribution in [3.63, 3.8) is 0 Å². The van der Waals surface area contributed by atoms with Crippen molar-refractivity contribution in [2.24, 2.45) is 0 Å². The summed E-state index contributed by atoms with van der Waals surface area (Å²) >= 11 is 0. The van der Waals surface area contributed by atoms with Gasteiger partial charge in [-0.05, 0) is 25.3 Å². The second-order valence-corrected chi connectivity index (χ2v) is 7.06. The molecular weight excluding hydrogens is 312 g/mol. The molecular formula is C20H24N4O. The molecule has 0 bridgehead atoms. The van der Waals surface area contributed by atoms with Crippen LogP contribution in [0.2, 0.25) is 0 Å². The topological polar surface area (TPSA) is 58.1 Å². The summed E-state index contributed by atoms with van der Waals surface area (Å²) in [5.41, 5.74) is 2.58. The van der Waals surface area contributed by atoms with Crippen LogP contribution >= 0.6 is 0 Å². The summed E-state index contributed by atoms with van der Waals surface area (Å²) < 4.78 is 0. The molecule has 130 valence electrons. The Kier molecular flexibility index (Phi) is 4.49. The molecule has 1 N–H and O–H groups in total. The lowest BCUT2D eigenvalue weighted by atomic mass is 9.89. The first-order valence-corrected chi connectivity index (χ1v) is 9.12. The van der Waals surface area contributed by atoms with Crippen LogP contribution in [0.5, 0.6) is 0 Å². The molecule has 0 spiro atoms. The van der Waals surface area contributed by atoms with Crippen molar-refractivity contribution >= 4 is 5.91 Å². The van der Waals surface area contributed by atoms with Crippen LogP contribution < -0.4 is 5.32 Å². The van der Waals surface area contributed by atoms with Crippen LogP contribution in [0, 0.1) is 6.92 Å². The predicted molar refractivity (Wildman–Crippen MR) is 96.4 cm³/mol. The Morgan fingerprint density at radius 2 is 2.00 bits per heavy atom. The highest BCUT2D eigenvalue weighted by molar-refractivity contribution is 5.92. The van der Waals surface area contributed by atoms with Gasteiger partial charge in [0.1, 0.15) is 5.69 Å². The van der Waals surface area contributed by atoms with E-state index in [0.717, 1.165) is 38.0 Å². The molecule has 5 nitrogen and oxygen atoms in total. The third-order valence-corrected chi connectivity index (χ3v) is 5.44. The van der Waals surface area contributed by atoms with Crippen LogP contribution in [0.3, 0.4) is 0 Å². The average Bonchev–Trinajstić information content (AvgIpc) is 2.95. The lowest BCUT2D eigenvalue weighted by Crippen LogP contribution is -2.48. The number of rotatable bonds is 2. The third kappa shape index (κ3) is 3.16. The van der Waals surface area contributed by atoms with Crippen LogP contribution in [-0.4, -0.2) is 45.9 Å². The number of carbonyl (C=O) groups excluding carboxylic acids is 1. The molecule has 0 aliphatic carbocycles. The van der Waals surface area contributed by atoms with Crippen LogP contribution in [0.1, 0.15) is 46.9 Å². The fraction of sp³-hybridized carbons (Fsp3) is 0.450. The van der Waals surface area contributed by atoms with Crippen molar-refractivity contribution in [3.8, 4) is 0 Å². The van der Waals surface area contributed by atoms with E-state index in [4.69, 9.17) is 0 Å². The van der Waals surface area contributed by atoms with E-state index in [1.807, 2.05) is 13.0 Å². The number of carbonyl (C=O) groups is 1. The molecule has 5 heteroatoms. The van der Waals surface area contributed by atoms with E-state index >= 15 is 0 Å². The number of fused-ring (bicyclic) bond motifs is 1. The van der Waals surface area contributed by atoms with Gasteiger partial charge in [-0.2, -0.15) is 0 Å². The molecule has 2 aliphatic heterocycles. The molecule has 4 rings (SSSR count). The van der Waals surface area contributed by atoms with E-state index in [1.165, 1.54) is 5.56 Å². The zero-order chi connectivity index (χ0) is 17.2. The molecule has 2 saturated heterocycles. The summed E-state index contributed by atoms with van der Waals surface area (Å²) in [6.07, 6.45) is 6.60. The highest BCUT2D eigenvalue weighted by atomic mass is 16.2. The van der Waals surface area contributed by atoms with E-state index in [0.29, 0.717) is 17.7 Å². The summed E-state index contributed by atoms with van der Waals surface area (Å²) in [4.78, 5) is 23.8. The molecule has 1 aromatic carbocycles. The van der Waals surface area contributed by atoms with Crippen molar-refractivity contribution in [1.82, 2.24) is 20.2 Å². The molecule has 1 aromatic heterocycles. The number of amides is 1. The Bertz CT molecular complexity index is 731. The van der Waals surface area contributed by atoms with Crippen molar-refractivity contribution in [3.05, 3.63) is 59.7 Å². The van der Waals surface area contributed by atoms with Gasteiger partial charge >= 0.3 is 0 Å². The first-order chi connectivity index (χ1) is 12.2. The monoisotopic (exact) mass is 336 g/mol.